The maximum Gasteiger partial charge on any atom is 0.329 e. The molecule has 0 bridgehead atoms. The van der Waals surface area contributed by atoms with E-state index in [0.717, 1.165) is 21.8 Å². The number of hydrogen-bond donors (Lipinski definition) is 2. The van der Waals surface area contributed by atoms with E-state index in [1.807, 2.05) is 26.0 Å². The minimum absolute atomic E-state index is 0.122. The van der Waals surface area contributed by atoms with Crippen LogP contribution in [-0.4, -0.2) is 35.9 Å². The number of carbonyl (C=O) groups excluding carboxylic acids is 3. The molecule has 1 fully saturated rings. The van der Waals surface area contributed by atoms with Gasteiger partial charge in [0.15, 0.2) is 0 Å². The van der Waals surface area contributed by atoms with Crippen molar-refractivity contribution in [3.8, 4) is 5.75 Å². The first-order valence-corrected chi connectivity index (χ1v) is 8.90. The van der Waals surface area contributed by atoms with E-state index in [0.29, 0.717) is 12.3 Å². The molecule has 3 rings (SSSR count). The van der Waals surface area contributed by atoms with Crippen molar-refractivity contribution in [1.29, 1.82) is 0 Å². The summed E-state index contributed by atoms with van der Waals surface area (Å²) in [5.74, 6) is -0.270. The first kappa shape index (κ1) is 19.2. The summed E-state index contributed by atoms with van der Waals surface area (Å²) in [7, 11) is 0. The number of hydrogen-bond acceptors (Lipinski definition) is 4. The maximum atomic E-state index is 12.5. The maximum absolute atomic E-state index is 12.5. The molecule has 1 saturated heterocycles. The summed E-state index contributed by atoms with van der Waals surface area (Å²) < 4.78 is 5.38. The van der Waals surface area contributed by atoms with Crippen LogP contribution in [0, 0.1) is 6.92 Å². The molecule has 0 aliphatic carbocycles. The van der Waals surface area contributed by atoms with E-state index >= 15 is 0 Å². The Kier molecular flexibility index (Phi) is 5.74. The van der Waals surface area contributed by atoms with Crippen molar-refractivity contribution < 1.29 is 19.1 Å². The number of ether oxygens (including phenoxy) is 1. The molecule has 1 heterocycles. The number of aryl methyl sites for hydroxylation is 1. The van der Waals surface area contributed by atoms with E-state index in [-0.39, 0.29) is 12.2 Å². The average Bonchev–Trinajstić information content (AvgIpc) is 2.93. The highest BCUT2D eigenvalue weighted by Gasteiger charge is 2.34. The molecule has 0 unspecified atom stereocenters. The molecule has 28 heavy (non-hydrogen) atoms. The normalized spacial score (nSPS) is 14.9. The largest absolute Gasteiger partial charge is 0.494 e. The number of carbonyl (C=O) groups is 3. The predicted molar refractivity (Wildman–Crippen MR) is 106 cm³/mol. The molecule has 1 aliphatic heterocycles. The molecule has 7 nitrogen and oxygen atoms in total. The standard InChI is InChI=1S/C21H21N3O4/c1-3-28-17-10-6-15(7-11-17)12-18-20(26)24(21(27)23-18)13-19(25)22-16-8-4-14(2)5-9-16/h4-12H,3,13H2,1-2H3,(H,22,25)(H,23,27)/b18-12+. The SMILES string of the molecule is CCOc1ccc(/C=C2/NC(=O)N(CC(=O)Nc3ccc(C)cc3)C2=O)cc1. The van der Waals surface area contributed by atoms with Gasteiger partial charge < -0.3 is 15.4 Å². The van der Waals surface area contributed by atoms with E-state index in [1.165, 1.54) is 0 Å². The third-order valence-electron chi connectivity index (χ3n) is 4.10. The van der Waals surface area contributed by atoms with Gasteiger partial charge in [-0.3, -0.25) is 9.59 Å². The number of anilines is 1. The predicted octanol–water partition coefficient (Wildman–Crippen LogP) is 2.93. The van der Waals surface area contributed by atoms with Gasteiger partial charge >= 0.3 is 6.03 Å². The van der Waals surface area contributed by atoms with Crippen molar-refractivity contribution in [3.63, 3.8) is 0 Å². The molecule has 1 aliphatic rings. The van der Waals surface area contributed by atoms with Crippen LogP contribution in [0.1, 0.15) is 18.1 Å². The molecule has 0 atom stereocenters. The molecule has 0 saturated carbocycles. The number of benzene rings is 2. The first-order valence-electron chi connectivity index (χ1n) is 8.90. The lowest BCUT2D eigenvalue weighted by Gasteiger charge is -2.12. The Bertz CT molecular complexity index is 918. The van der Waals surface area contributed by atoms with Crippen molar-refractivity contribution in [2.24, 2.45) is 0 Å². The Balaban J connectivity index is 1.65. The van der Waals surface area contributed by atoms with Gasteiger partial charge in [0.25, 0.3) is 5.91 Å². The quantitative estimate of drug-likeness (QED) is 0.597. The number of imide groups is 1. The fraction of sp³-hybridized carbons (Fsp3) is 0.190. The van der Waals surface area contributed by atoms with Crippen molar-refractivity contribution in [2.45, 2.75) is 13.8 Å². The number of amides is 4. The Hall–Kier alpha value is -3.61. The number of nitrogens with one attached hydrogen (secondary N) is 2. The van der Waals surface area contributed by atoms with Crippen LogP contribution in [0.25, 0.3) is 6.08 Å². The minimum Gasteiger partial charge on any atom is -0.494 e. The van der Waals surface area contributed by atoms with E-state index in [9.17, 15) is 14.4 Å². The van der Waals surface area contributed by atoms with Crippen LogP contribution < -0.4 is 15.4 Å². The van der Waals surface area contributed by atoms with Crippen LogP contribution in [-0.2, 0) is 9.59 Å². The summed E-state index contributed by atoms with van der Waals surface area (Å²) in [5, 5.41) is 5.18. The summed E-state index contributed by atoms with van der Waals surface area (Å²) in [6.45, 7) is 4.04. The molecule has 0 spiro atoms. The lowest BCUT2D eigenvalue weighted by molar-refractivity contribution is -0.127. The average molecular weight is 379 g/mol. The van der Waals surface area contributed by atoms with E-state index in [1.54, 1.807) is 42.5 Å². The minimum atomic E-state index is -0.624. The smallest absolute Gasteiger partial charge is 0.329 e. The van der Waals surface area contributed by atoms with E-state index in [2.05, 4.69) is 10.6 Å². The highest BCUT2D eigenvalue weighted by Crippen LogP contribution is 2.17. The van der Waals surface area contributed by atoms with Crippen molar-refractivity contribution in [3.05, 3.63) is 65.4 Å². The van der Waals surface area contributed by atoms with Gasteiger partial charge in [0.1, 0.15) is 18.0 Å². The van der Waals surface area contributed by atoms with Crippen molar-refractivity contribution in [2.75, 3.05) is 18.5 Å². The molecule has 0 aromatic heterocycles. The second-order valence-corrected chi connectivity index (χ2v) is 6.30. The molecule has 2 N–H and O–H groups in total. The van der Waals surface area contributed by atoms with E-state index < -0.39 is 17.8 Å². The fourth-order valence-corrected chi connectivity index (χ4v) is 2.69. The number of nitrogens with zero attached hydrogens (tertiary/aromatic N) is 1. The monoisotopic (exact) mass is 379 g/mol. The Morgan fingerprint density at radius 3 is 2.43 bits per heavy atom. The first-order chi connectivity index (χ1) is 13.5. The second kappa shape index (κ2) is 8.39. The summed E-state index contributed by atoms with van der Waals surface area (Å²) in [5.41, 5.74) is 2.53. The van der Waals surface area contributed by atoms with Crippen LogP contribution in [0.15, 0.2) is 54.2 Å². The third kappa shape index (κ3) is 4.56. The van der Waals surface area contributed by atoms with Gasteiger partial charge in [-0.1, -0.05) is 29.8 Å². The third-order valence-corrected chi connectivity index (χ3v) is 4.10. The highest BCUT2D eigenvalue weighted by molar-refractivity contribution is 6.15. The summed E-state index contributed by atoms with van der Waals surface area (Å²) >= 11 is 0. The topological polar surface area (TPSA) is 87.7 Å². The second-order valence-electron chi connectivity index (χ2n) is 6.30. The number of rotatable bonds is 6. The van der Waals surface area contributed by atoms with Crippen LogP contribution >= 0.6 is 0 Å². The number of urea groups is 1. The Morgan fingerprint density at radius 2 is 1.79 bits per heavy atom. The van der Waals surface area contributed by atoms with Crippen molar-refractivity contribution in [1.82, 2.24) is 10.2 Å². The summed E-state index contributed by atoms with van der Waals surface area (Å²) in [6, 6.07) is 13.7. The zero-order valence-electron chi connectivity index (χ0n) is 15.7. The zero-order chi connectivity index (χ0) is 20.1. The molecular formula is C21H21N3O4. The molecule has 144 valence electrons. The van der Waals surface area contributed by atoms with Gasteiger partial charge in [0.05, 0.1) is 6.61 Å². The summed E-state index contributed by atoms with van der Waals surface area (Å²) in [4.78, 5) is 37.7. The summed E-state index contributed by atoms with van der Waals surface area (Å²) in [6.07, 6.45) is 1.56. The van der Waals surface area contributed by atoms with Gasteiger partial charge in [-0.25, -0.2) is 9.69 Å². The van der Waals surface area contributed by atoms with Crippen LogP contribution in [0.4, 0.5) is 10.5 Å². The Morgan fingerprint density at radius 1 is 1.11 bits per heavy atom. The molecular weight excluding hydrogens is 358 g/mol. The molecule has 4 amide bonds. The van der Waals surface area contributed by atoms with Gasteiger partial charge in [0.2, 0.25) is 5.91 Å². The fourth-order valence-electron chi connectivity index (χ4n) is 2.69. The lowest BCUT2D eigenvalue weighted by atomic mass is 10.2. The van der Waals surface area contributed by atoms with E-state index in [4.69, 9.17) is 4.74 Å². The molecule has 0 radical (unpaired) electrons. The van der Waals surface area contributed by atoms with Gasteiger partial charge in [-0.05, 0) is 49.8 Å². The molecule has 7 heteroatoms. The van der Waals surface area contributed by atoms with Gasteiger partial charge in [0, 0.05) is 5.69 Å². The molecule has 2 aromatic carbocycles. The van der Waals surface area contributed by atoms with Gasteiger partial charge in [-0.15, -0.1) is 0 Å². The van der Waals surface area contributed by atoms with Crippen molar-refractivity contribution >= 4 is 29.6 Å². The van der Waals surface area contributed by atoms with Crippen LogP contribution in [0.5, 0.6) is 5.75 Å². The lowest BCUT2D eigenvalue weighted by Crippen LogP contribution is -2.38. The van der Waals surface area contributed by atoms with Crippen LogP contribution in [0.3, 0.4) is 0 Å². The Labute approximate surface area is 163 Å². The zero-order valence-corrected chi connectivity index (χ0v) is 15.7. The van der Waals surface area contributed by atoms with Crippen LogP contribution in [0.2, 0.25) is 0 Å². The van der Waals surface area contributed by atoms with Gasteiger partial charge in [-0.2, -0.15) is 0 Å². The molecule has 2 aromatic rings. The highest BCUT2D eigenvalue weighted by atomic mass is 16.5.